The van der Waals surface area contributed by atoms with E-state index in [1.807, 2.05) is 84.9 Å². The van der Waals surface area contributed by atoms with Crippen molar-refractivity contribution in [1.29, 1.82) is 5.41 Å². The molecular weight excluding hydrogens is 849 g/mol. The molecule has 2 saturated heterocycles. The van der Waals surface area contributed by atoms with Crippen molar-refractivity contribution in [2.75, 3.05) is 33.1 Å². The van der Waals surface area contributed by atoms with Crippen molar-refractivity contribution in [3.63, 3.8) is 0 Å². The summed E-state index contributed by atoms with van der Waals surface area (Å²) in [4.78, 5) is 81.9. The van der Waals surface area contributed by atoms with Crippen molar-refractivity contribution >= 4 is 41.4 Å². The summed E-state index contributed by atoms with van der Waals surface area (Å²) in [6.45, 7) is 0.365. The number of rotatable bonds is 16. The predicted molar refractivity (Wildman–Crippen MR) is 242 cm³/mol. The first-order valence-electron chi connectivity index (χ1n) is 21.1. The molecule has 65 heavy (non-hydrogen) atoms. The molecule has 0 radical (unpaired) electrons. The van der Waals surface area contributed by atoms with Crippen molar-refractivity contribution in [2.24, 2.45) is 5.92 Å². The van der Waals surface area contributed by atoms with E-state index in [4.69, 9.17) is 20.0 Å². The molecular formula is C48H48N8O8S. The van der Waals surface area contributed by atoms with Gasteiger partial charge in [-0.25, -0.2) is 14.8 Å². The quantitative estimate of drug-likeness (QED) is 0.0202. The van der Waals surface area contributed by atoms with Crippen molar-refractivity contribution < 1.29 is 37.9 Å². The lowest BCUT2D eigenvalue weighted by Gasteiger charge is -2.28. The molecule has 334 valence electrons. The third kappa shape index (κ3) is 9.80. The molecule has 0 saturated carbocycles. The molecule has 2 aromatic heterocycles. The predicted octanol–water partition coefficient (Wildman–Crippen LogP) is 6.68. The van der Waals surface area contributed by atoms with E-state index in [0.29, 0.717) is 36.5 Å². The zero-order chi connectivity index (χ0) is 45.5. The zero-order valence-corrected chi connectivity index (χ0v) is 36.5. The largest absolute Gasteiger partial charge is 0.453 e. The second-order valence-electron chi connectivity index (χ2n) is 16.0. The van der Waals surface area contributed by atoms with E-state index in [1.165, 1.54) is 7.11 Å². The van der Waals surface area contributed by atoms with Gasteiger partial charge in [0.25, 0.3) is 5.91 Å². The summed E-state index contributed by atoms with van der Waals surface area (Å²) in [5, 5.41) is 9.53. The molecule has 2 aliphatic rings. The molecule has 4 heterocycles. The summed E-state index contributed by atoms with van der Waals surface area (Å²) in [5.74, 6) is -0.548. The normalized spacial score (nSPS) is 19.5. The number of hydrogen-bond donors (Lipinski definition) is 4. The van der Waals surface area contributed by atoms with Crippen LogP contribution in [0.25, 0.3) is 33.6 Å². The van der Waals surface area contributed by atoms with E-state index in [2.05, 4.69) is 25.2 Å². The minimum atomic E-state index is -1.21. The van der Waals surface area contributed by atoms with Crippen LogP contribution in [0.15, 0.2) is 122 Å². The highest BCUT2D eigenvalue weighted by Gasteiger charge is 2.43. The molecule has 6 aromatic rings. The molecule has 7 atom stereocenters. The van der Waals surface area contributed by atoms with Crippen LogP contribution in [0.1, 0.15) is 59.7 Å². The van der Waals surface area contributed by atoms with Gasteiger partial charge in [0, 0.05) is 36.1 Å². The van der Waals surface area contributed by atoms with Crippen LogP contribution < -0.4 is 5.32 Å². The number of ether oxygens (including phenoxy) is 1. The van der Waals surface area contributed by atoms with Crippen LogP contribution in [0.3, 0.4) is 0 Å². The van der Waals surface area contributed by atoms with Gasteiger partial charge in [0.1, 0.15) is 30.6 Å². The summed E-state index contributed by atoms with van der Waals surface area (Å²) in [7, 11) is 0.0366. The van der Waals surface area contributed by atoms with Crippen LogP contribution in [-0.2, 0) is 39.7 Å². The Hall–Kier alpha value is -7.24. The smallest absolute Gasteiger partial charge is 0.407 e. The molecule has 16 nitrogen and oxygen atoms in total. The second-order valence-corrected chi connectivity index (χ2v) is 17.6. The number of alkyl carbamates (subject to hydrolysis) is 1. The Morgan fingerprint density at radius 3 is 1.82 bits per heavy atom. The Morgan fingerprint density at radius 1 is 0.769 bits per heavy atom. The highest BCUT2D eigenvalue weighted by Crippen LogP contribution is 2.39. The van der Waals surface area contributed by atoms with Gasteiger partial charge >= 0.3 is 6.09 Å². The number of amides is 3. The van der Waals surface area contributed by atoms with Crippen LogP contribution in [0, 0.1) is 11.3 Å². The van der Waals surface area contributed by atoms with Gasteiger partial charge in [-0.1, -0.05) is 109 Å². The third-order valence-electron chi connectivity index (χ3n) is 12.0. The fourth-order valence-electron chi connectivity index (χ4n) is 8.61. The standard InChI is InChI=1S/C48H48N8O8S/c1-62-48(60)54-43(36-11-7-4-8-12-36)47(59)56-26-37(65(2)61)22-42(56)45-51-24-40(53-45)35-19-15-32(16-20-35)31-13-17-34(18-14-31)39-23-50-44(52-39)41-21-30(27-57)25-55(41)46(58)38(28-63-64-29-49)33-9-5-3-6-10-33/h3-20,23-24,27,29-30,37-38,41-43,49H,21-22,25-26,28H2,1-2H3,(H,50,52)(H,51,53)(H,54,60)/t30-,37-,38-,41-,42-,43-,65?/m0/s1. The molecule has 4 aromatic carbocycles. The molecule has 2 aliphatic heterocycles. The van der Waals surface area contributed by atoms with Crippen molar-refractivity contribution in [3.8, 4) is 33.6 Å². The van der Waals surface area contributed by atoms with E-state index in [0.717, 1.165) is 45.5 Å². The Morgan fingerprint density at radius 2 is 1.29 bits per heavy atom. The zero-order valence-electron chi connectivity index (χ0n) is 35.7. The maximum Gasteiger partial charge on any atom is 0.407 e. The number of benzene rings is 4. The molecule has 0 bridgehead atoms. The number of nitrogens with zero attached hydrogens (tertiary/aromatic N) is 4. The Kier molecular flexibility index (Phi) is 13.7. The summed E-state index contributed by atoms with van der Waals surface area (Å²) in [5.41, 5.74) is 6.57. The Bertz CT molecular complexity index is 2640. The van der Waals surface area contributed by atoms with Gasteiger partial charge < -0.3 is 39.5 Å². The minimum absolute atomic E-state index is 0.112. The molecule has 17 heteroatoms. The van der Waals surface area contributed by atoms with Crippen molar-refractivity contribution in [1.82, 2.24) is 35.1 Å². The average Bonchev–Trinajstić information content (AvgIpc) is 4.19. The molecule has 8 rings (SSSR count). The summed E-state index contributed by atoms with van der Waals surface area (Å²) >= 11 is 0. The molecule has 3 amide bonds. The summed E-state index contributed by atoms with van der Waals surface area (Å²) < 4.78 is 17.6. The van der Waals surface area contributed by atoms with Crippen LogP contribution in [-0.4, -0.2) is 103 Å². The van der Waals surface area contributed by atoms with Crippen LogP contribution in [0.4, 0.5) is 4.79 Å². The number of carbonyl (C=O) groups is 4. The maximum absolute atomic E-state index is 14.2. The molecule has 4 N–H and O–H groups in total. The van der Waals surface area contributed by atoms with Gasteiger partial charge in [-0.3, -0.25) is 19.2 Å². The van der Waals surface area contributed by atoms with Crippen LogP contribution >= 0.6 is 0 Å². The van der Waals surface area contributed by atoms with Gasteiger partial charge in [0.2, 0.25) is 12.3 Å². The summed E-state index contributed by atoms with van der Waals surface area (Å²) in [6.07, 6.45) is 6.74. The highest BCUT2D eigenvalue weighted by atomic mass is 32.2. The number of nitrogens with one attached hydrogen (secondary N) is 4. The van der Waals surface area contributed by atoms with E-state index in [1.54, 1.807) is 52.7 Å². The van der Waals surface area contributed by atoms with Crippen molar-refractivity contribution in [2.45, 2.75) is 42.1 Å². The number of aldehydes is 1. The van der Waals surface area contributed by atoms with Crippen LogP contribution in [0.5, 0.6) is 0 Å². The minimum Gasteiger partial charge on any atom is -0.453 e. The lowest BCUT2D eigenvalue weighted by molar-refractivity contribution is -0.221. The van der Waals surface area contributed by atoms with Crippen LogP contribution in [0.2, 0.25) is 0 Å². The number of carbonyl (C=O) groups excluding carboxylic acids is 4. The van der Waals surface area contributed by atoms with Gasteiger partial charge in [-0.2, -0.15) is 4.89 Å². The van der Waals surface area contributed by atoms with Gasteiger partial charge in [0.05, 0.1) is 54.1 Å². The number of H-pyrrole nitrogens is 2. The maximum atomic E-state index is 14.2. The SMILES string of the molecule is COC(=O)N[C@H](C(=O)N1C[C@@H](S(C)=O)C[C@H]1c1ncc(-c2ccc(-c3ccc(-c4cnc([C@@H]5C[C@H](C=O)CN5C(=O)[C@@H](COOC=N)c5ccccc5)[nH]4)cc3)cc2)[nH]1)c1ccccc1. The number of imidazole rings is 2. The molecule has 0 spiro atoms. The number of aromatic nitrogens is 4. The Labute approximate surface area is 377 Å². The number of hydrogen-bond acceptors (Lipinski definition) is 11. The fraction of sp³-hybridized carbons (Fsp3) is 0.271. The van der Waals surface area contributed by atoms with E-state index in [-0.39, 0.29) is 42.7 Å². The first kappa shape index (κ1) is 44.4. The van der Waals surface area contributed by atoms with Gasteiger partial charge in [-0.05, 0) is 46.2 Å². The third-order valence-corrected chi connectivity index (χ3v) is 13.3. The fourth-order valence-corrected chi connectivity index (χ4v) is 9.44. The number of aromatic amines is 2. The van der Waals surface area contributed by atoms with Gasteiger partial charge in [0.15, 0.2) is 0 Å². The Balaban J connectivity index is 0.960. The van der Waals surface area contributed by atoms with Gasteiger partial charge in [-0.15, -0.1) is 0 Å². The first-order valence-corrected chi connectivity index (χ1v) is 22.7. The lowest BCUT2D eigenvalue weighted by atomic mass is 9.98. The molecule has 1 unspecified atom stereocenters. The van der Waals surface area contributed by atoms with E-state index >= 15 is 0 Å². The average molecular weight is 897 g/mol. The number of methoxy groups -OCH3 is 1. The number of likely N-dealkylation sites (tertiary alicyclic amines) is 2. The molecule has 0 aliphatic carbocycles. The monoisotopic (exact) mass is 896 g/mol. The summed E-state index contributed by atoms with van der Waals surface area (Å²) in [6, 6.07) is 32.2. The van der Waals surface area contributed by atoms with Crippen molar-refractivity contribution in [3.05, 3.63) is 144 Å². The highest BCUT2D eigenvalue weighted by molar-refractivity contribution is 7.84. The van der Waals surface area contributed by atoms with E-state index < -0.39 is 40.9 Å². The second kappa shape index (κ2) is 20.1. The lowest BCUT2D eigenvalue weighted by Crippen LogP contribution is -2.43. The topological polar surface area (TPSA) is 213 Å². The molecule has 2 fully saturated rings. The first-order chi connectivity index (χ1) is 31.6. The van der Waals surface area contributed by atoms with E-state index in [9.17, 15) is 23.4 Å².